The molecule has 4 aromatic rings. The Hall–Kier alpha value is -4.63. The first-order valence-electron chi connectivity index (χ1n) is 14.4. The largest absolute Gasteiger partial charge is 0.457 e. The van der Waals surface area contributed by atoms with Gasteiger partial charge in [-0.2, -0.15) is 0 Å². The number of amides is 2. The van der Waals surface area contributed by atoms with Gasteiger partial charge in [-0.15, -0.1) is 0 Å². The third-order valence-corrected chi connectivity index (χ3v) is 8.64. The van der Waals surface area contributed by atoms with Gasteiger partial charge in [-0.3, -0.25) is 13.9 Å². The van der Waals surface area contributed by atoms with Gasteiger partial charge in [-0.05, 0) is 88.7 Å². The third-order valence-electron chi connectivity index (χ3n) is 6.85. The van der Waals surface area contributed by atoms with Gasteiger partial charge < -0.3 is 15.0 Å². The smallest absolute Gasteiger partial charge is 0.264 e. The second kappa shape index (κ2) is 13.8. The van der Waals surface area contributed by atoms with E-state index >= 15 is 0 Å². The molecular weight excluding hydrogens is 574 g/mol. The summed E-state index contributed by atoms with van der Waals surface area (Å²) in [4.78, 5) is 28.8. The molecule has 2 amide bonds. The van der Waals surface area contributed by atoms with Crippen molar-refractivity contribution in [2.75, 3.05) is 10.8 Å². The van der Waals surface area contributed by atoms with Gasteiger partial charge >= 0.3 is 0 Å². The highest BCUT2D eigenvalue weighted by Crippen LogP contribution is 2.28. The molecule has 44 heavy (non-hydrogen) atoms. The Morgan fingerprint density at radius 3 is 1.91 bits per heavy atom. The van der Waals surface area contributed by atoms with Crippen molar-refractivity contribution < 1.29 is 22.7 Å². The Balaban J connectivity index is 1.69. The summed E-state index contributed by atoms with van der Waals surface area (Å²) in [7, 11) is -4.16. The number of anilines is 1. The minimum atomic E-state index is -4.16. The molecular formula is C35H39N3O5S. The number of ether oxygens (including phenoxy) is 1. The molecule has 0 aliphatic heterocycles. The van der Waals surface area contributed by atoms with Gasteiger partial charge in [0.1, 0.15) is 24.1 Å². The average molecular weight is 614 g/mol. The number of aryl methyl sites for hydroxylation is 1. The van der Waals surface area contributed by atoms with E-state index < -0.39 is 34.1 Å². The van der Waals surface area contributed by atoms with Crippen molar-refractivity contribution in [1.29, 1.82) is 0 Å². The highest BCUT2D eigenvalue weighted by Gasteiger charge is 2.33. The van der Waals surface area contributed by atoms with Gasteiger partial charge in [0.2, 0.25) is 11.8 Å². The summed E-state index contributed by atoms with van der Waals surface area (Å²) in [6, 6.07) is 30.5. The second-order valence-corrected chi connectivity index (χ2v) is 13.5. The topological polar surface area (TPSA) is 96.0 Å². The number of rotatable bonds is 11. The lowest BCUT2D eigenvalue weighted by atomic mass is 10.1. The average Bonchev–Trinajstić information content (AvgIpc) is 2.99. The molecule has 230 valence electrons. The molecule has 0 bridgehead atoms. The fourth-order valence-corrected chi connectivity index (χ4v) is 5.94. The molecule has 0 saturated carbocycles. The van der Waals surface area contributed by atoms with E-state index in [0.29, 0.717) is 11.5 Å². The minimum absolute atomic E-state index is 0.0426. The SMILES string of the molecule is Cc1ccc(CN(C(=O)CN(c2ccc(Oc3ccccc3)cc2)S(=O)(=O)c2ccccc2)C(C)C(=O)NC(C)(C)C)cc1. The molecule has 0 saturated heterocycles. The van der Waals surface area contributed by atoms with Crippen molar-refractivity contribution in [3.8, 4) is 11.5 Å². The van der Waals surface area contributed by atoms with E-state index in [1.165, 1.54) is 17.0 Å². The van der Waals surface area contributed by atoms with Crippen LogP contribution < -0.4 is 14.4 Å². The van der Waals surface area contributed by atoms with Crippen LogP contribution in [0.4, 0.5) is 5.69 Å². The van der Waals surface area contributed by atoms with E-state index in [1.807, 2.05) is 82.3 Å². The standard InChI is InChI=1S/C35H39N3O5S/c1-26-16-18-28(19-17-26)24-37(27(2)34(40)36-35(3,4)5)33(39)25-38(44(41,42)32-14-10-7-11-15-32)29-20-22-31(23-21-29)43-30-12-8-6-9-13-30/h6-23,27H,24-25H2,1-5H3,(H,36,40). The molecule has 4 rings (SSSR count). The van der Waals surface area contributed by atoms with E-state index in [1.54, 1.807) is 49.4 Å². The summed E-state index contributed by atoms with van der Waals surface area (Å²) in [5.41, 5.74) is 1.64. The number of nitrogens with zero attached hydrogens (tertiary/aromatic N) is 2. The number of benzene rings is 4. The van der Waals surface area contributed by atoms with E-state index in [4.69, 9.17) is 4.74 Å². The van der Waals surface area contributed by atoms with Gasteiger partial charge in [-0.1, -0.05) is 66.2 Å². The summed E-state index contributed by atoms with van der Waals surface area (Å²) < 4.78 is 35.0. The number of sulfonamides is 1. The first-order chi connectivity index (χ1) is 20.8. The second-order valence-electron chi connectivity index (χ2n) is 11.7. The van der Waals surface area contributed by atoms with Crippen LogP contribution in [0.5, 0.6) is 11.5 Å². The Morgan fingerprint density at radius 2 is 1.34 bits per heavy atom. The molecule has 0 spiro atoms. The predicted octanol–water partition coefficient (Wildman–Crippen LogP) is 6.31. The molecule has 8 nitrogen and oxygen atoms in total. The van der Waals surface area contributed by atoms with Crippen LogP contribution in [-0.4, -0.2) is 43.3 Å². The highest BCUT2D eigenvalue weighted by molar-refractivity contribution is 7.92. The minimum Gasteiger partial charge on any atom is -0.457 e. The van der Waals surface area contributed by atoms with Crippen LogP contribution in [0.2, 0.25) is 0 Å². The Bertz CT molecular complexity index is 1650. The zero-order valence-electron chi connectivity index (χ0n) is 25.7. The van der Waals surface area contributed by atoms with Gasteiger partial charge in [0.25, 0.3) is 10.0 Å². The summed E-state index contributed by atoms with van der Waals surface area (Å²) in [6.07, 6.45) is 0. The maximum absolute atomic E-state index is 14.1. The zero-order chi connectivity index (χ0) is 31.9. The molecule has 0 fully saturated rings. The maximum atomic E-state index is 14.1. The molecule has 4 aromatic carbocycles. The van der Waals surface area contributed by atoms with Crippen molar-refractivity contribution in [2.24, 2.45) is 0 Å². The molecule has 1 N–H and O–H groups in total. The molecule has 0 heterocycles. The van der Waals surface area contributed by atoms with Crippen molar-refractivity contribution >= 4 is 27.5 Å². The van der Waals surface area contributed by atoms with E-state index in [-0.39, 0.29) is 23.0 Å². The third kappa shape index (κ3) is 8.48. The van der Waals surface area contributed by atoms with Crippen LogP contribution in [0.25, 0.3) is 0 Å². The summed E-state index contributed by atoms with van der Waals surface area (Å²) >= 11 is 0. The number of nitrogens with one attached hydrogen (secondary N) is 1. The molecule has 0 aliphatic carbocycles. The molecule has 1 unspecified atom stereocenters. The lowest BCUT2D eigenvalue weighted by molar-refractivity contribution is -0.140. The van der Waals surface area contributed by atoms with Gasteiger partial charge in [0, 0.05) is 12.1 Å². The zero-order valence-corrected chi connectivity index (χ0v) is 26.5. The molecule has 0 aliphatic rings. The van der Waals surface area contributed by atoms with Crippen LogP contribution in [0.3, 0.4) is 0 Å². The molecule has 0 radical (unpaired) electrons. The van der Waals surface area contributed by atoms with E-state index in [2.05, 4.69) is 5.32 Å². The predicted molar refractivity (Wildman–Crippen MR) is 173 cm³/mol. The van der Waals surface area contributed by atoms with Crippen molar-refractivity contribution in [1.82, 2.24) is 10.2 Å². The molecule has 1 atom stereocenters. The van der Waals surface area contributed by atoms with Crippen LogP contribution in [0.1, 0.15) is 38.8 Å². The monoisotopic (exact) mass is 613 g/mol. The van der Waals surface area contributed by atoms with Crippen LogP contribution in [0.15, 0.2) is 114 Å². The highest BCUT2D eigenvalue weighted by atomic mass is 32.2. The van der Waals surface area contributed by atoms with Gasteiger partial charge in [0.15, 0.2) is 0 Å². The first kappa shape index (κ1) is 32.3. The summed E-state index contributed by atoms with van der Waals surface area (Å²) in [5, 5.41) is 2.94. The lowest BCUT2D eigenvalue weighted by Crippen LogP contribution is -2.54. The summed E-state index contributed by atoms with van der Waals surface area (Å²) in [5.74, 6) is 0.291. The van der Waals surface area contributed by atoms with Gasteiger partial charge in [0.05, 0.1) is 10.6 Å². The van der Waals surface area contributed by atoms with E-state index in [0.717, 1.165) is 15.4 Å². The first-order valence-corrected chi connectivity index (χ1v) is 15.9. The fourth-order valence-electron chi connectivity index (χ4n) is 4.50. The number of hydrogen-bond acceptors (Lipinski definition) is 5. The van der Waals surface area contributed by atoms with Gasteiger partial charge in [-0.25, -0.2) is 8.42 Å². The van der Waals surface area contributed by atoms with Crippen molar-refractivity contribution in [2.45, 2.75) is 57.6 Å². The van der Waals surface area contributed by atoms with Crippen LogP contribution in [0, 0.1) is 6.92 Å². The quantitative estimate of drug-likeness (QED) is 0.214. The fraction of sp³-hybridized carbons (Fsp3) is 0.257. The Labute approximate surface area is 260 Å². The number of carbonyl (C=O) groups is 2. The normalized spacial score (nSPS) is 12.2. The number of carbonyl (C=O) groups excluding carboxylic acids is 2. The lowest BCUT2D eigenvalue weighted by Gasteiger charge is -2.33. The van der Waals surface area contributed by atoms with Crippen LogP contribution in [-0.2, 0) is 26.2 Å². The summed E-state index contributed by atoms with van der Waals surface area (Å²) in [6.45, 7) is 8.82. The Kier molecular flexibility index (Phi) is 10.1. The van der Waals surface area contributed by atoms with E-state index in [9.17, 15) is 18.0 Å². The number of para-hydroxylation sites is 1. The Morgan fingerprint density at radius 1 is 0.795 bits per heavy atom. The molecule has 0 aromatic heterocycles. The van der Waals surface area contributed by atoms with Crippen molar-refractivity contribution in [3.63, 3.8) is 0 Å². The molecule has 9 heteroatoms. The maximum Gasteiger partial charge on any atom is 0.264 e. The number of hydrogen-bond donors (Lipinski definition) is 1. The van der Waals surface area contributed by atoms with Crippen LogP contribution >= 0.6 is 0 Å². The van der Waals surface area contributed by atoms with Crippen molar-refractivity contribution in [3.05, 3.63) is 120 Å².